The summed E-state index contributed by atoms with van der Waals surface area (Å²) in [6, 6.07) is 4.33. The molecule has 4 amide bonds. The van der Waals surface area contributed by atoms with Crippen molar-refractivity contribution in [1.29, 1.82) is 0 Å². The molecule has 1 heterocycles. The number of benzene rings is 2. The minimum atomic E-state index is -1.02. The lowest BCUT2D eigenvalue weighted by atomic mass is 10.0. The van der Waals surface area contributed by atoms with E-state index in [0.29, 0.717) is 33.3 Å². The van der Waals surface area contributed by atoms with E-state index in [2.05, 4.69) is 32.5 Å². The smallest absolute Gasteiger partial charge is 0.343 e. The molecule has 16 nitrogen and oxygen atoms in total. The third-order valence-corrected chi connectivity index (χ3v) is 9.65. The van der Waals surface area contributed by atoms with Crippen LogP contribution in [0.4, 0.5) is 17.1 Å². The van der Waals surface area contributed by atoms with Gasteiger partial charge in [-0.05, 0) is 57.9 Å². The van der Waals surface area contributed by atoms with E-state index in [0.717, 1.165) is 31.4 Å². The molecular weight excluding hydrogens is 733 g/mol. The van der Waals surface area contributed by atoms with Crippen molar-refractivity contribution in [3.8, 4) is 11.5 Å². The molecule has 0 saturated heterocycles. The van der Waals surface area contributed by atoms with Crippen LogP contribution in [0.3, 0.4) is 0 Å². The Hall–Kier alpha value is -5.03. The number of unbranched alkanes of at least 4 members (excludes halogenated alkanes) is 3. The van der Waals surface area contributed by atoms with Crippen LogP contribution in [0.15, 0.2) is 28.0 Å². The first-order valence-electron chi connectivity index (χ1n) is 18.0. The topological polar surface area (TPSA) is 208 Å². The van der Waals surface area contributed by atoms with E-state index >= 15 is 0 Å². The standard InChI is InChI=1S/C38H54N6O10S/c1-10-11-12-13-16-43-25-14-15-26(51-7)31(37(50)54-38(4,5)6)34(25)55-35-32(43)24(18-39)17-27(52-8)33(35)44(23(3)45)21-29(47)40-19-28(46)42-22(2)36(49)41-20-30(48)53-9/h14-15,17,22H,10-13,16,18-21,39H2,1-9H3,(H,40,47)(H,41,49)(H,42,46)/t22-/m0/s1. The minimum Gasteiger partial charge on any atom is -0.496 e. The van der Waals surface area contributed by atoms with Crippen LogP contribution in [0.5, 0.6) is 11.5 Å². The number of nitrogens with zero attached hydrogens (tertiary/aromatic N) is 2. The Morgan fingerprint density at radius 1 is 0.927 bits per heavy atom. The Labute approximate surface area is 326 Å². The normalized spacial score (nSPS) is 12.4. The van der Waals surface area contributed by atoms with Gasteiger partial charge in [-0.25, -0.2) is 4.79 Å². The number of methoxy groups -OCH3 is 3. The zero-order valence-electron chi connectivity index (χ0n) is 33.1. The van der Waals surface area contributed by atoms with E-state index < -0.39 is 60.3 Å². The Balaban J connectivity index is 2.08. The summed E-state index contributed by atoms with van der Waals surface area (Å²) in [5.41, 5.74) is 8.18. The second-order valence-electron chi connectivity index (χ2n) is 13.7. The van der Waals surface area contributed by atoms with Crippen LogP contribution in [0.2, 0.25) is 0 Å². The summed E-state index contributed by atoms with van der Waals surface area (Å²) in [6.45, 7) is 9.44. The van der Waals surface area contributed by atoms with Crippen LogP contribution < -0.4 is 41.0 Å². The third-order valence-electron chi connectivity index (χ3n) is 8.44. The first-order chi connectivity index (χ1) is 26.0. The van der Waals surface area contributed by atoms with Crippen LogP contribution in [-0.2, 0) is 40.0 Å². The highest BCUT2D eigenvalue weighted by atomic mass is 32.2. The number of ether oxygens (including phenoxy) is 4. The van der Waals surface area contributed by atoms with Crippen molar-refractivity contribution in [1.82, 2.24) is 16.0 Å². The average Bonchev–Trinajstić information content (AvgIpc) is 3.14. The monoisotopic (exact) mass is 786 g/mol. The van der Waals surface area contributed by atoms with Crippen molar-refractivity contribution >= 4 is 64.4 Å². The number of rotatable bonds is 18. The van der Waals surface area contributed by atoms with Crippen LogP contribution in [-0.4, -0.2) is 94.7 Å². The molecule has 0 bridgehead atoms. The van der Waals surface area contributed by atoms with Crippen molar-refractivity contribution in [3.05, 3.63) is 29.3 Å². The summed E-state index contributed by atoms with van der Waals surface area (Å²) in [7, 11) is 4.09. The molecule has 2 aromatic carbocycles. The molecule has 2 aromatic rings. The number of anilines is 3. The van der Waals surface area contributed by atoms with Crippen molar-refractivity contribution < 1.29 is 47.7 Å². The molecule has 0 aliphatic carbocycles. The number of esters is 2. The van der Waals surface area contributed by atoms with Gasteiger partial charge in [0.25, 0.3) is 0 Å². The number of amides is 4. The SMILES string of the molecule is CCCCCCN1c2ccc(OC)c(C(=O)OC(C)(C)C)c2Sc2c(N(CC(=O)NCC(=O)N[C@@H](C)C(=O)NCC(=O)OC)C(C)=O)c(OC)cc(CN)c21. The van der Waals surface area contributed by atoms with Gasteiger partial charge in [0, 0.05) is 20.0 Å². The molecule has 1 aliphatic heterocycles. The average molecular weight is 787 g/mol. The van der Waals surface area contributed by atoms with Crippen LogP contribution >= 0.6 is 11.8 Å². The Morgan fingerprint density at radius 3 is 2.20 bits per heavy atom. The van der Waals surface area contributed by atoms with Gasteiger partial charge >= 0.3 is 11.9 Å². The molecular formula is C38H54N6O10S. The summed E-state index contributed by atoms with van der Waals surface area (Å²) >= 11 is 1.22. The van der Waals surface area contributed by atoms with E-state index in [-0.39, 0.29) is 30.1 Å². The Kier molecular flexibility index (Phi) is 16.2. The predicted molar refractivity (Wildman–Crippen MR) is 208 cm³/mol. The van der Waals surface area contributed by atoms with Crippen molar-refractivity contribution in [3.63, 3.8) is 0 Å². The zero-order valence-corrected chi connectivity index (χ0v) is 34.0. The Bertz CT molecular complexity index is 1760. The van der Waals surface area contributed by atoms with E-state index in [1.807, 2.05) is 6.07 Å². The maximum atomic E-state index is 13.9. The van der Waals surface area contributed by atoms with Crippen LogP contribution in [0.1, 0.15) is 83.1 Å². The van der Waals surface area contributed by atoms with Gasteiger partial charge < -0.3 is 45.5 Å². The van der Waals surface area contributed by atoms with E-state index in [1.54, 1.807) is 32.9 Å². The number of carbonyl (C=O) groups excluding carboxylic acids is 6. The number of hydrogen-bond donors (Lipinski definition) is 4. The molecule has 17 heteroatoms. The van der Waals surface area contributed by atoms with Crippen LogP contribution in [0, 0.1) is 0 Å². The first kappa shape index (κ1) is 44.4. The van der Waals surface area contributed by atoms with Gasteiger partial charge in [-0.3, -0.25) is 28.9 Å². The summed E-state index contributed by atoms with van der Waals surface area (Å²) in [5, 5.41) is 7.28. The molecule has 0 spiro atoms. The molecule has 1 aliphatic rings. The highest BCUT2D eigenvalue weighted by Gasteiger charge is 2.37. The highest BCUT2D eigenvalue weighted by Crippen LogP contribution is 2.58. The quantitative estimate of drug-likeness (QED) is 0.126. The van der Waals surface area contributed by atoms with Crippen molar-refractivity contribution in [2.24, 2.45) is 5.73 Å². The van der Waals surface area contributed by atoms with Gasteiger partial charge in [-0.2, -0.15) is 0 Å². The van der Waals surface area contributed by atoms with E-state index in [9.17, 15) is 28.8 Å². The minimum absolute atomic E-state index is 0.115. The zero-order chi connectivity index (χ0) is 41.0. The fraction of sp³-hybridized carbons (Fsp3) is 0.526. The van der Waals surface area contributed by atoms with Gasteiger partial charge in [0.05, 0.1) is 49.0 Å². The summed E-state index contributed by atoms with van der Waals surface area (Å²) < 4.78 is 21.9. The van der Waals surface area contributed by atoms with Crippen LogP contribution in [0.25, 0.3) is 0 Å². The lowest BCUT2D eigenvalue weighted by Crippen LogP contribution is -2.49. The highest BCUT2D eigenvalue weighted by molar-refractivity contribution is 8.00. The Morgan fingerprint density at radius 2 is 1.62 bits per heavy atom. The second kappa shape index (κ2) is 20.0. The molecule has 0 radical (unpaired) electrons. The number of nitrogens with one attached hydrogen (secondary N) is 3. The lowest BCUT2D eigenvalue weighted by Gasteiger charge is -2.38. The molecule has 0 aromatic heterocycles. The summed E-state index contributed by atoms with van der Waals surface area (Å²) in [5.74, 6) is -3.18. The van der Waals surface area contributed by atoms with E-state index in [4.69, 9.17) is 19.9 Å². The first-order valence-corrected chi connectivity index (χ1v) is 18.9. The molecule has 0 saturated carbocycles. The molecule has 0 fully saturated rings. The molecule has 302 valence electrons. The maximum Gasteiger partial charge on any atom is 0.343 e. The third kappa shape index (κ3) is 11.5. The van der Waals surface area contributed by atoms with Gasteiger partial charge in [-0.1, -0.05) is 37.9 Å². The largest absolute Gasteiger partial charge is 0.496 e. The maximum absolute atomic E-state index is 13.9. The van der Waals surface area contributed by atoms with E-state index in [1.165, 1.54) is 51.8 Å². The number of nitrogens with two attached hydrogens (primary N) is 1. The number of hydrogen-bond acceptors (Lipinski definition) is 13. The molecule has 0 unspecified atom stereocenters. The van der Waals surface area contributed by atoms with Gasteiger partial charge in [0.1, 0.15) is 47.5 Å². The lowest BCUT2D eigenvalue weighted by molar-refractivity contribution is -0.141. The van der Waals surface area contributed by atoms with Gasteiger partial charge in [0.15, 0.2) is 0 Å². The molecule has 5 N–H and O–H groups in total. The van der Waals surface area contributed by atoms with Gasteiger partial charge in [0.2, 0.25) is 23.6 Å². The molecule has 1 atom stereocenters. The second-order valence-corrected chi connectivity index (χ2v) is 14.8. The van der Waals surface area contributed by atoms with Crippen molar-refractivity contribution in [2.45, 2.75) is 95.2 Å². The summed E-state index contributed by atoms with van der Waals surface area (Å²) in [4.78, 5) is 81.4. The fourth-order valence-electron chi connectivity index (χ4n) is 5.81. The number of carbonyl (C=O) groups is 6. The predicted octanol–water partition coefficient (Wildman–Crippen LogP) is 3.56. The fourth-order valence-corrected chi connectivity index (χ4v) is 7.22. The van der Waals surface area contributed by atoms with Gasteiger partial charge in [-0.15, -0.1) is 0 Å². The molecule has 55 heavy (non-hydrogen) atoms. The summed E-state index contributed by atoms with van der Waals surface area (Å²) in [6.07, 6.45) is 3.81. The molecule has 3 rings (SSSR count). The number of fused-ring (bicyclic) bond motifs is 2. The van der Waals surface area contributed by atoms with Crippen molar-refractivity contribution in [2.75, 3.05) is 57.3 Å².